The molecule has 0 aliphatic carbocycles. The third kappa shape index (κ3) is 5.52. The molecule has 2 unspecified atom stereocenters. The summed E-state index contributed by atoms with van der Waals surface area (Å²) in [5.41, 5.74) is 2.76. The van der Waals surface area contributed by atoms with Gasteiger partial charge in [0.1, 0.15) is 22.9 Å². The highest BCUT2D eigenvalue weighted by Gasteiger charge is 2.35. The van der Waals surface area contributed by atoms with Crippen molar-refractivity contribution < 1.29 is 19.4 Å². The second kappa shape index (κ2) is 10.2. The highest BCUT2D eigenvalue weighted by atomic mass is 16.6. The normalized spacial score (nSPS) is 19.3. The standard InChI is InChI=1S/C28H32N6O4/c1-28(2,3)38-27(37)34-15-5-7-23(34)24-29-16-20(31-24)13-10-18-8-11-19(12-9-18)21-17-30-25(32-21)22-6-4-14-33(22)26(35)36/h8-9,11-12,16-17,22-23H,4-7,14-15H2,1-3H3,(H,29,31)(H,30,32)(H,35,36). The monoisotopic (exact) mass is 516 g/mol. The molecule has 2 aliphatic rings. The minimum Gasteiger partial charge on any atom is -0.465 e. The van der Waals surface area contributed by atoms with E-state index in [-0.39, 0.29) is 18.2 Å². The number of nitrogens with one attached hydrogen (secondary N) is 2. The number of aromatic nitrogens is 4. The SMILES string of the molecule is CC(C)(C)OC(=O)N1CCCC1c1ncc(C#Cc2ccc(-c3cnc(C4CCCN4C(=O)O)[nH]3)cc2)[nH]1. The predicted molar refractivity (Wildman–Crippen MR) is 140 cm³/mol. The topological polar surface area (TPSA) is 127 Å². The van der Waals surface area contributed by atoms with Gasteiger partial charge in [0.05, 0.1) is 30.2 Å². The number of carboxylic acid groups (broad SMARTS) is 1. The summed E-state index contributed by atoms with van der Waals surface area (Å²) >= 11 is 0. The molecule has 2 aliphatic heterocycles. The Kier molecular flexibility index (Phi) is 6.85. The van der Waals surface area contributed by atoms with E-state index in [1.54, 1.807) is 17.3 Å². The first-order valence-corrected chi connectivity index (χ1v) is 12.9. The van der Waals surface area contributed by atoms with E-state index in [1.807, 2.05) is 45.0 Å². The number of nitrogens with zero attached hydrogens (tertiary/aromatic N) is 4. The number of carbonyl (C=O) groups is 2. The van der Waals surface area contributed by atoms with Crippen LogP contribution in [0, 0.1) is 11.8 Å². The zero-order valence-corrected chi connectivity index (χ0v) is 21.8. The van der Waals surface area contributed by atoms with Gasteiger partial charge in [0.2, 0.25) is 0 Å². The van der Waals surface area contributed by atoms with Gasteiger partial charge in [0, 0.05) is 18.7 Å². The molecule has 0 radical (unpaired) electrons. The van der Waals surface area contributed by atoms with Crippen LogP contribution in [0.2, 0.25) is 0 Å². The van der Waals surface area contributed by atoms with Crippen molar-refractivity contribution in [1.82, 2.24) is 29.7 Å². The molecule has 3 aromatic rings. The van der Waals surface area contributed by atoms with Crippen LogP contribution in [-0.4, -0.2) is 65.7 Å². The highest BCUT2D eigenvalue weighted by molar-refractivity contribution is 5.69. The fraction of sp³-hybridized carbons (Fsp3) is 0.429. The number of likely N-dealkylation sites (tertiary alicyclic amines) is 2. The Morgan fingerprint density at radius 2 is 1.58 bits per heavy atom. The van der Waals surface area contributed by atoms with E-state index in [0.29, 0.717) is 30.4 Å². The van der Waals surface area contributed by atoms with Crippen LogP contribution in [0.4, 0.5) is 9.59 Å². The molecule has 2 amide bonds. The number of imidazole rings is 2. The van der Waals surface area contributed by atoms with E-state index in [0.717, 1.165) is 42.5 Å². The van der Waals surface area contributed by atoms with Crippen LogP contribution in [0.1, 0.15) is 81.4 Å². The van der Waals surface area contributed by atoms with Crippen LogP contribution >= 0.6 is 0 Å². The van der Waals surface area contributed by atoms with Crippen molar-refractivity contribution in [2.75, 3.05) is 13.1 Å². The molecular weight excluding hydrogens is 484 g/mol. The highest BCUT2D eigenvalue weighted by Crippen LogP contribution is 2.32. The van der Waals surface area contributed by atoms with Gasteiger partial charge in [-0.25, -0.2) is 19.6 Å². The van der Waals surface area contributed by atoms with Crippen molar-refractivity contribution in [2.45, 2.75) is 64.1 Å². The van der Waals surface area contributed by atoms with E-state index in [9.17, 15) is 14.7 Å². The summed E-state index contributed by atoms with van der Waals surface area (Å²) in [4.78, 5) is 42.7. The van der Waals surface area contributed by atoms with Crippen LogP contribution in [0.5, 0.6) is 0 Å². The zero-order valence-electron chi connectivity index (χ0n) is 21.8. The predicted octanol–water partition coefficient (Wildman–Crippen LogP) is 5.09. The summed E-state index contributed by atoms with van der Waals surface area (Å²) in [7, 11) is 0. The summed E-state index contributed by atoms with van der Waals surface area (Å²) in [5, 5.41) is 9.40. The third-order valence-corrected chi connectivity index (χ3v) is 6.74. The van der Waals surface area contributed by atoms with Crippen LogP contribution in [0.3, 0.4) is 0 Å². The van der Waals surface area contributed by atoms with E-state index in [2.05, 4.69) is 31.8 Å². The van der Waals surface area contributed by atoms with E-state index >= 15 is 0 Å². The smallest absolute Gasteiger partial charge is 0.410 e. The maximum Gasteiger partial charge on any atom is 0.410 e. The fourth-order valence-corrected chi connectivity index (χ4v) is 4.96. The van der Waals surface area contributed by atoms with E-state index in [1.165, 1.54) is 4.90 Å². The molecule has 10 nitrogen and oxygen atoms in total. The lowest BCUT2D eigenvalue weighted by Gasteiger charge is -2.27. The summed E-state index contributed by atoms with van der Waals surface area (Å²) in [6.07, 6.45) is 5.52. The number of hydrogen-bond donors (Lipinski definition) is 3. The number of hydrogen-bond acceptors (Lipinski definition) is 5. The van der Waals surface area contributed by atoms with Crippen LogP contribution < -0.4 is 0 Å². The van der Waals surface area contributed by atoms with Crippen molar-refractivity contribution in [3.8, 4) is 23.1 Å². The Balaban J connectivity index is 1.24. The van der Waals surface area contributed by atoms with Gasteiger partial charge in [-0.15, -0.1) is 0 Å². The Morgan fingerprint density at radius 1 is 0.947 bits per heavy atom. The molecule has 2 aromatic heterocycles. The number of ether oxygens (including phenoxy) is 1. The second-order valence-electron chi connectivity index (χ2n) is 10.7. The number of carbonyl (C=O) groups excluding carboxylic acids is 1. The van der Waals surface area contributed by atoms with Gasteiger partial charge >= 0.3 is 12.2 Å². The van der Waals surface area contributed by atoms with Crippen LogP contribution in [-0.2, 0) is 4.74 Å². The quantitative estimate of drug-likeness (QED) is 0.416. The Bertz CT molecular complexity index is 1370. The molecule has 5 rings (SSSR count). The van der Waals surface area contributed by atoms with Crippen molar-refractivity contribution in [3.63, 3.8) is 0 Å². The van der Waals surface area contributed by atoms with Gasteiger partial charge in [-0.05, 0) is 70.1 Å². The first-order chi connectivity index (χ1) is 18.2. The van der Waals surface area contributed by atoms with Gasteiger partial charge in [0.15, 0.2) is 0 Å². The number of H-pyrrole nitrogens is 2. The zero-order chi connectivity index (χ0) is 26.9. The number of amides is 2. The molecular formula is C28H32N6O4. The summed E-state index contributed by atoms with van der Waals surface area (Å²) in [6.45, 7) is 6.76. The summed E-state index contributed by atoms with van der Waals surface area (Å²) < 4.78 is 5.55. The summed E-state index contributed by atoms with van der Waals surface area (Å²) in [5.74, 6) is 7.66. The molecule has 0 spiro atoms. The minimum absolute atomic E-state index is 0.147. The molecule has 1 aromatic carbocycles. The molecule has 198 valence electrons. The van der Waals surface area contributed by atoms with Gasteiger partial charge < -0.3 is 19.8 Å². The van der Waals surface area contributed by atoms with E-state index in [4.69, 9.17) is 4.74 Å². The van der Waals surface area contributed by atoms with Crippen molar-refractivity contribution in [1.29, 1.82) is 0 Å². The molecule has 2 fully saturated rings. The Hall–Kier alpha value is -4.26. The van der Waals surface area contributed by atoms with Crippen molar-refractivity contribution in [2.24, 2.45) is 0 Å². The molecule has 0 bridgehead atoms. The van der Waals surface area contributed by atoms with Crippen LogP contribution in [0.25, 0.3) is 11.3 Å². The number of aromatic amines is 2. The fourth-order valence-electron chi connectivity index (χ4n) is 4.96. The second-order valence-corrected chi connectivity index (χ2v) is 10.7. The lowest BCUT2D eigenvalue weighted by molar-refractivity contribution is 0.0218. The van der Waals surface area contributed by atoms with Gasteiger partial charge in [-0.2, -0.15) is 0 Å². The molecule has 2 atom stereocenters. The average molecular weight is 517 g/mol. The molecule has 4 heterocycles. The van der Waals surface area contributed by atoms with Gasteiger partial charge in [0.25, 0.3) is 0 Å². The molecule has 10 heteroatoms. The molecule has 2 saturated heterocycles. The van der Waals surface area contributed by atoms with Gasteiger partial charge in [-0.3, -0.25) is 9.80 Å². The largest absolute Gasteiger partial charge is 0.465 e. The van der Waals surface area contributed by atoms with Gasteiger partial charge in [-0.1, -0.05) is 18.1 Å². The number of benzene rings is 1. The maximum atomic E-state index is 12.6. The Morgan fingerprint density at radius 3 is 2.26 bits per heavy atom. The van der Waals surface area contributed by atoms with Crippen molar-refractivity contribution in [3.05, 3.63) is 59.6 Å². The average Bonchev–Trinajstić information content (AvgIpc) is 3.66. The lowest BCUT2D eigenvalue weighted by Crippen LogP contribution is -2.36. The molecule has 38 heavy (non-hydrogen) atoms. The van der Waals surface area contributed by atoms with Crippen molar-refractivity contribution >= 4 is 12.2 Å². The minimum atomic E-state index is -0.915. The Labute approximate surface area is 221 Å². The first-order valence-electron chi connectivity index (χ1n) is 12.9. The first kappa shape index (κ1) is 25.4. The summed E-state index contributed by atoms with van der Waals surface area (Å²) in [6, 6.07) is 7.40. The lowest BCUT2D eigenvalue weighted by atomic mass is 10.1. The maximum absolute atomic E-state index is 12.6. The van der Waals surface area contributed by atoms with Crippen LogP contribution in [0.15, 0.2) is 36.7 Å². The molecule has 0 saturated carbocycles. The van der Waals surface area contributed by atoms with E-state index < -0.39 is 11.7 Å². The molecule has 3 N–H and O–H groups in total. The number of rotatable bonds is 3. The third-order valence-electron chi connectivity index (χ3n) is 6.74.